The molecule has 1 amide bonds. The first-order valence-corrected chi connectivity index (χ1v) is 8.64. The summed E-state index contributed by atoms with van der Waals surface area (Å²) in [5, 5.41) is 5.17. The fourth-order valence-electron chi connectivity index (χ4n) is 2.54. The Kier molecular flexibility index (Phi) is 6.31. The molecule has 0 aromatic heterocycles. The van der Waals surface area contributed by atoms with Gasteiger partial charge in [0, 0.05) is 24.4 Å². The van der Waals surface area contributed by atoms with Crippen molar-refractivity contribution in [3.8, 4) is 0 Å². The molecule has 2 rings (SSSR count). The van der Waals surface area contributed by atoms with Crippen LogP contribution < -0.4 is 0 Å². The van der Waals surface area contributed by atoms with Gasteiger partial charge in [0.25, 0.3) is 0 Å². The zero-order chi connectivity index (χ0) is 17.0. The highest BCUT2D eigenvalue weighted by Gasteiger charge is 2.27. The van der Waals surface area contributed by atoms with E-state index in [1.54, 1.807) is 12.1 Å². The SMILES string of the molecule is CCCN(C[C@H]1CC(c2ccc(Cl)c(Cl)c2)=NO1)C(=O)C(C)C. The van der Waals surface area contributed by atoms with E-state index in [-0.39, 0.29) is 17.9 Å². The van der Waals surface area contributed by atoms with E-state index in [1.165, 1.54) is 0 Å². The van der Waals surface area contributed by atoms with Crippen molar-refractivity contribution in [1.29, 1.82) is 0 Å². The van der Waals surface area contributed by atoms with E-state index in [0.717, 1.165) is 24.2 Å². The van der Waals surface area contributed by atoms with Crippen molar-refractivity contribution in [2.75, 3.05) is 13.1 Å². The number of carbonyl (C=O) groups is 1. The molecule has 0 aliphatic carbocycles. The first-order chi connectivity index (χ1) is 10.9. The summed E-state index contributed by atoms with van der Waals surface area (Å²) in [5.74, 6) is 0.136. The molecule has 6 heteroatoms. The van der Waals surface area contributed by atoms with Crippen molar-refractivity contribution in [2.45, 2.75) is 39.7 Å². The molecule has 0 spiro atoms. The first-order valence-electron chi connectivity index (χ1n) is 7.89. The van der Waals surface area contributed by atoms with Gasteiger partial charge in [-0.25, -0.2) is 0 Å². The van der Waals surface area contributed by atoms with Crippen LogP contribution in [0.2, 0.25) is 10.0 Å². The summed E-state index contributed by atoms with van der Waals surface area (Å²) in [7, 11) is 0. The maximum atomic E-state index is 12.3. The Morgan fingerprint density at radius 3 is 2.74 bits per heavy atom. The second kappa shape index (κ2) is 8.02. The molecule has 1 heterocycles. The van der Waals surface area contributed by atoms with Gasteiger partial charge in [-0.05, 0) is 18.6 Å². The fraction of sp³-hybridized carbons (Fsp3) is 0.529. The van der Waals surface area contributed by atoms with E-state index in [9.17, 15) is 4.79 Å². The summed E-state index contributed by atoms with van der Waals surface area (Å²) in [6, 6.07) is 5.42. The molecular formula is C17H22Cl2N2O2. The topological polar surface area (TPSA) is 41.9 Å². The molecule has 126 valence electrons. The molecule has 4 nitrogen and oxygen atoms in total. The molecule has 0 unspecified atom stereocenters. The van der Waals surface area contributed by atoms with Crippen molar-refractivity contribution in [2.24, 2.45) is 11.1 Å². The van der Waals surface area contributed by atoms with E-state index in [0.29, 0.717) is 23.0 Å². The van der Waals surface area contributed by atoms with Gasteiger partial charge in [0.1, 0.15) is 0 Å². The second-order valence-electron chi connectivity index (χ2n) is 6.04. The van der Waals surface area contributed by atoms with Crippen LogP contribution in [-0.4, -0.2) is 35.7 Å². The lowest BCUT2D eigenvalue weighted by atomic mass is 10.0. The summed E-state index contributed by atoms with van der Waals surface area (Å²) >= 11 is 12.0. The zero-order valence-electron chi connectivity index (χ0n) is 13.7. The maximum absolute atomic E-state index is 12.3. The van der Waals surface area contributed by atoms with Crippen LogP contribution in [0.4, 0.5) is 0 Å². The van der Waals surface area contributed by atoms with Gasteiger partial charge in [-0.3, -0.25) is 4.79 Å². The van der Waals surface area contributed by atoms with E-state index in [2.05, 4.69) is 12.1 Å². The van der Waals surface area contributed by atoms with Crippen LogP contribution >= 0.6 is 23.2 Å². The average Bonchev–Trinajstić information content (AvgIpc) is 2.97. The number of benzene rings is 1. The first kappa shape index (κ1) is 18.1. The summed E-state index contributed by atoms with van der Waals surface area (Å²) in [5.41, 5.74) is 1.74. The lowest BCUT2D eigenvalue weighted by Crippen LogP contribution is -2.40. The minimum Gasteiger partial charge on any atom is -0.390 e. The van der Waals surface area contributed by atoms with Crippen molar-refractivity contribution >= 4 is 34.8 Å². The quantitative estimate of drug-likeness (QED) is 0.758. The van der Waals surface area contributed by atoms with Crippen LogP contribution in [0.3, 0.4) is 0 Å². The number of rotatable bonds is 6. The predicted octanol–water partition coefficient (Wildman–Crippen LogP) is 4.38. The normalized spacial score (nSPS) is 17.1. The van der Waals surface area contributed by atoms with Gasteiger partial charge < -0.3 is 9.74 Å². The van der Waals surface area contributed by atoms with Gasteiger partial charge >= 0.3 is 0 Å². The molecule has 1 aromatic rings. The van der Waals surface area contributed by atoms with Crippen molar-refractivity contribution in [3.63, 3.8) is 0 Å². The van der Waals surface area contributed by atoms with Crippen LogP contribution in [0.25, 0.3) is 0 Å². The van der Waals surface area contributed by atoms with Crippen LogP contribution in [0.5, 0.6) is 0 Å². The molecule has 0 saturated carbocycles. The standard InChI is InChI=1S/C17H22Cl2N2O2/c1-4-7-21(17(22)11(2)3)10-13-9-16(20-23-13)12-5-6-14(18)15(19)8-12/h5-6,8,11,13H,4,7,9-10H2,1-3H3/t13-/m1/s1. The van der Waals surface area contributed by atoms with E-state index in [1.807, 2.05) is 24.8 Å². The highest BCUT2D eigenvalue weighted by atomic mass is 35.5. The molecular weight excluding hydrogens is 335 g/mol. The maximum Gasteiger partial charge on any atom is 0.225 e. The Morgan fingerprint density at radius 1 is 1.39 bits per heavy atom. The molecule has 0 N–H and O–H groups in total. The van der Waals surface area contributed by atoms with E-state index in [4.69, 9.17) is 28.0 Å². The summed E-state index contributed by atoms with van der Waals surface area (Å²) in [6.45, 7) is 7.18. The zero-order valence-corrected chi connectivity index (χ0v) is 15.2. The monoisotopic (exact) mass is 356 g/mol. The lowest BCUT2D eigenvalue weighted by molar-refractivity contribution is -0.136. The Hall–Kier alpha value is -1.26. The summed E-state index contributed by atoms with van der Waals surface area (Å²) < 4.78 is 0. The largest absolute Gasteiger partial charge is 0.390 e. The highest BCUT2D eigenvalue weighted by Crippen LogP contribution is 2.25. The molecule has 1 atom stereocenters. The van der Waals surface area contributed by atoms with Crippen LogP contribution in [-0.2, 0) is 9.63 Å². The molecule has 0 saturated heterocycles. The average molecular weight is 357 g/mol. The third-order valence-electron chi connectivity index (χ3n) is 3.71. The van der Waals surface area contributed by atoms with Gasteiger partial charge in [-0.2, -0.15) is 0 Å². The number of carbonyl (C=O) groups excluding carboxylic acids is 1. The molecule has 0 radical (unpaired) electrons. The van der Waals surface area contributed by atoms with Crippen LogP contribution in [0.15, 0.2) is 23.4 Å². The molecule has 1 aliphatic rings. The molecule has 0 fully saturated rings. The minimum absolute atomic E-state index is 0.0154. The van der Waals surface area contributed by atoms with Crippen LogP contribution in [0.1, 0.15) is 39.2 Å². The van der Waals surface area contributed by atoms with Crippen molar-refractivity contribution in [3.05, 3.63) is 33.8 Å². The highest BCUT2D eigenvalue weighted by molar-refractivity contribution is 6.42. The number of amides is 1. The third kappa shape index (κ3) is 4.61. The number of halogens is 2. The minimum atomic E-state index is -0.117. The van der Waals surface area contributed by atoms with E-state index >= 15 is 0 Å². The van der Waals surface area contributed by atoms with Crippen LogP contribution in [0, 0.1) is 5.92 Å². The second-order valence-corrected chi connectivity index (χ2v) is 6.85. The Labute approximate surface area is 147 Å². The number of nitrogens with zero attached hydrogens (tertiary/aromatic N) is 2. The number of hydrogen-bond acceptors (Lipinski definition) is 3. The van der Waals surface area contributed by atoms with E-state index < -0.39 is 0 Å². The summed E-state index contributed by atoms with van der Waals surface area (Å²) in [6.07, 6.45) is 1.46. The smallest absolute Gasteiger partial charge is 0.225 e. The third-order valence-corrected chi connectivity index (χ3v) is 4.45. The summed E-state index contributed by atoms with van der Waals surface area (Å²) in [4.78, 5) is 19.6. The molecule has 1 aliphatic heterocycles. The van der Waals surface area contributed by atoms with Gasteiger partial charge in [-0.1, -0.05) is 55.2 Å². The van der Waals surface area contributed by atoms with Crippen molar-refractivity contribution in [1.82, 2.24) is 4.90 Å². The van der Waals surface area contributed by atoms with Gasteiger partial charge in [0.2, 0.25) is 5.91 Å². The van der Waals surface area contributed by atoms with Gasteiger partial charge in [0.15, 0.2) is 6.10 Å². The molecule has 1 aromatic carbocycles. The molecule has 0 bridgehead atoms. The molecule has 23 heavy (non-hydrogen) atoms. The van der Waals surface area contributed by atoms with Gasteiger partial charge in [-0.15, -0.1) is 0 Å². The fourth-order valence-corrected chi connectivity index (χ4v) is 2.84. The van der Waals surface area contributed by atoms with Gasteiger partial charge in [0.05, 0.1) is 22.3 Å². The number of hydrogen-bond donors (Lipinski definition) is 0. The van der Waals surface area contributed by atoms with Crippen molar-refractivity contribution < 1.29 is 9.63 Å². The lowest BCUT2D eigenvalue weighted by Gasteiger charge is -2.26. The Morgan fingerprint density at radius 2 is 2.13 bits per heavy atom. The Balaban J connectivity index is 2.00. The predicted molar refractivity (Wildman–Crippen MR) is 94.2 cm³/mol. The number of oxime groups is 1. The Bertz CT molecular complexity index is 602.